The van der Waals surface area contributed by atoms with Crippen LogP contribution in [-0.4, -0.2) is 42.0 Å². The number of ether oxygens (including phenoxy) is 1. The van der Waals surface area contributed by atoms with E-state index in [1.165, 1.54) is 25.4 Å². The molecule has 0 fully saturated rings. The number of carbonyl (C=O) groups is 1. The fraction of sp³-hybridized carbons (Fsp3) is 0.222. The summed E-state index contributed by atoms with van der Waals surface area (Å²) >= 11 is 6.19. The number of benzene rings is 2. The van der Waals surface area contributed by atoms with Crippen molar-refractivity contribution in [1.82, 2.24) is 9.55 Å². The molecule has 0 saturated heterocycles. The minimum atomic E-state index is -4.79. The van der Waals surface area contributed by atoms with Crippen LogP contribution in [0.4, 0.5) is 52.7 Å². The maximum Gasteiger partial charge on any atom is 0.416 e. The molecule has 0 atom stereocenters. The highest BCUT2D eigenvalue weighted by Gasteiger charge is 2.31. The SMILES string of the molecule is COCCNc1cc2c(cn1)cc(-c1cc(NC(=O)Nc3ccc(C(F)(F)F)cc3)c(F)cc1Cl)c(=O)n2CC(F)(F)F. The van der Waals surface area contributed by atoms with Crippen molar-refractivity contribution in [1.29, 1.82) is 0 Å². The van der Waals surface area contributed by atoms with E-state index in [4.69, 9.17) is 16.3 Å². The molecule has 4 aromatic rings. The van der Waals surface area contributed by atoms with Gasteiger partial charge in [-0.1, -0.05) is 11.6 Å². The number of hydrogen-bond acceptors (Lipinski definition) is 5. The van der Waals surface area contributed by atoms with Gasteiger partial charge in [0, 0.05) is 48.1 Å². The molecule has 2 heterocycles. The van der Waals surface area contributed by atoms with Crippen LogP contribution in [0, 0.1) is 5.82 Å². The molecule has 16 heteroatoms. The van der Waals surface area contributed by atoms with Gasteiger partial charge in [-0.05, 0) is 42.5 Å². The molecule has 2 amide bonds. The lowest BCUT2D eigenvalue weighted by Crippen LogP contribution is -2.29. The van der Waals surface area contributed by atoms with E-state index in [-0.39, 0.29) is 45.2 Å². The number of hydrogen-bond donors (Lipinski definition) is 3. The number of rotatable bonds is 8. The molecule has 228 valence electrons. The van der Waals surface area contributed by atoms with Crippen LogP contribution >= 0.6 is 11.6 Å². The summed E-state index contributed by atoms with van der Waals surface area (Å²) in [6.45, 7) is -1.07. The van der Waals surface area contributed by atoms with E-state index in [1.807, 2.05) is 0 Å². The highest BCUT2D eigenvalue weighted by molar-refractivity contribution is 6.33. The maximum atomic E-state index is 14.7. The molecule has 0 aliphatic rings. The Morgan fingerprint density at radius 2 is 1.70 bits per heavy atom. The van der Waals surface area contributed by atoms with Gasteiger partial charge in [0.05, 0.1) is 28.4 Å². The smallest absolute Gasteiger partial charge is 0.383 e. The summed E-state index contributed by atoms with van der Waals surface area (Å²) in [6.07, 6.45) is -8.14. The van der Waals surface area contributed by atoms with Gasteiger partial charge in [0.15, 0.2) is 0 Å². The molecule has 43 heavy (non-hydrogen) atoms. The first-order valence-electron chi connectivity index (χ1n) is 12.2. The van der Waals surface area contributed by atoms with E-state index in [2.05, 4.69) is 20.9 Å². The molecule has 0 saturated carbocycles. The number of carbonyl (C=O) groups excluding carboxylic acids is 1. The van der Waals surface area contributed by atoms with Crippen LogP contribution in [-0.2, 0) is 17.5 Å². The average Bonchev–Trinajstić information content (AvgIpc) is 2.91. The third-order valence-electron chi connectivity index (χ3n) is 5.99. The number of fused-ring (bicyclic) bond motifs is 1. The first-order valence-corrected chi connectivity index (χ1v) is 12.6. The van der Waals surface area contributed by atoms with Crippen molar-refractivity contribution in [3.63, 3.8) is 0 Å². The zero-order chi connectivity index (χ0) is 31.5. The Balaban J connectivity index is 1.71. The van der Waals surface area contributed by atoms with Crippen molar-refractivity contribution in [2.75, 3.05) is 36.2 Å². The molecular weight excluding hydrogens is 611 g/mol. The number of pyridine rings is 2. The van der Waals surface area contributed by atoms with Crippen LogP contribution in [0.5, 0.6) is 0 Å². The molecule has 0 unspecified atom stereocenters. The first-order chi connectivity index (χ1) is 20.2. The van der Waals surface area contributed by atoms with Gasteiger partial charge in [0.2, 0.25) is 0 Å². The predicted molar refractivity (Wildman–Crippen MR) is 147 cm³/mol. The second-order valence-electron chi connectivity index (χ2n) is 9.08. The highest BCUT2D eigenvalue weighted by Crippen LogP contribution is 2.34. The lowest BCUT2D eigenvalue weighted by atomic mass is 10.0. The summed E-state index contributed by atoms with van der Waals surface area (Å²) in [4.78, 5) is 30.0. The zero-order valence-corrected chi connectivity index (χ0v) is 22.7. The lowest BCUT2D eigenvalue weighted by molar-refractivity contribution is -0.140. The van der Waals surface area contributed by atoms with Crippen molar-refractivity contribution in [2.24, 2.45) is 0 Å². The number of aromatic nitrogens is 2. The van der Waals surface area contributed by atoms with Crippen molar-refractivity contribution in [2.45, 2.75) is 18.9 Å². The van der Waals surface area contributed by atoms with Crippen molar-refractivity contribution < 1.29 is 40.3 Å². The van der Waals surface area contributed by atoms with E-state index in [9.17, 15) is 40.3 Å². The molecule has 2 aromatic carbocycles. The Morgan fingerprint density at radius 3 is 2.33 bits per heavy atom. The van der Waals surface area contributed by atoms with Crippen molar-refractivity contribution in [3.05, 3.63) is 81.5 Å². The maximum absolute atomic E-state index is 14.7. The Morgan fingerprint density at radius 1 is 1.00 bits per heavy atom. The normalized spacial score (nSPS) is 11.9. The van der Waals surface area contributed by atoms with Gasteiger partial charge in [-0.15, -0.1) is 0 Å². The number of halogens is 8. The summed E-state index contributed by atoms with van der Waals surface area (Å²) in [5.41, 5.74) is -3.24. The van der Waals surface area contributed by atoms with Crippen LogP contribution in [0.25, 0.3) is 22.0 Å². The minimum absolute atomic E-state index is 0.0479. The minimum Gasteiger partial charge on any atom is -0.383 e. The molecule has 2 aromatic heterocycles. The van der Waals surface area contributed by atoms with Crippen molar-refractivity contribution >= 4 is 45.7 Å². The number of anilines is 3. The van der Waals surface area contributed by atoms with Crippen LogP contribution in [0.3, 0.4) is 0 Å². The molecule has 0 aliphatic heterocycles. The highest BCUT2D eigenvalue weighted by atomic mass is 35.5. The Labute approximate surface area is 243 Å². The van der Waals surface area contributed by atoms with Crippen molar-refractivity contribution in [3.8, 4) is 11.1 Å². The molecule has 3 N–H and O–H groups in total. The molecule has 0 spiro atoms. The largest absolute Gasteiger partial charge is 0.416 e. The number of urea groups is 1. The fourth-order valence-electron chi connectivity index (χ4n) is 4.06. The van der Waals surface area contributed by atoms with Gasteiger partial charge in [0.25, 0.3) is 5.56 Å². The summed E-state index contributed by atoms with van der Waals surface area (Å²) in [5.74, 6) is -0.862. The Bertz CT molecular complexity index is 1710. The summed E-state index contributed by atoms with van der Waals surface area (Å²) in [7, 11) is 1.46. The van der Waals surface area contributed by atoms with Crippen LogP contribution < -0.4 is 21.5 Å². The van der Waals surface area contributed by atoms with E-state index >= 15 is 0 Å². The van der Waals surface area contributed by atoms with Crippen LogP contribution in [0.15, 0.2) is 59.5 Å². The predicted octanol–water partition coefficient (Wildman–Crippen LogP) is 7.14. The molecule has 8 nitrogen and oxygen atoms in total. The number of nitrogens with zero attached hydrogens (tertiary/aromatic N) is 2. The molecule has 0 radical (unpaired) electrons. The van der Waals surface area contributed by atoms with Gasteiger partial charge < -0.3 is 20.7 Å². The second kappa shape index (κ2) is 12.5. The number of nitrogens with one attached hydrogen (secondary N) is 3. The molecule has 0 bridgehead atoms. The van der Waals surface area contributed by atoms with E-state index in [1.54, 1.807) is 0 Å². The van der Waals surface area contributed by atoms with E-state index < -0.39 is 47.6 Å². The molecule has 4 rings (SSSR count). The quantitative estimate of drug-likeness (QED) is 0.142. The van der Waals surface area contributed by atoms with Gasteiger partial charge in [-0.3, -0.25) is 9.36 Å². The van der Waals surface area contributed by atoms with Gasteiger partial charge in [-0.2, -0.15) is 26.3 Å². The fourth-order valence-corrected chi connectivity index (χ4v) is 4.31. The topological polar surface area (TPSA) is 97.3 Å². The monoisotopic (exact) mass is 631 g/mol. The molecule has 0 aliphatic carbocycles. The van der Waals surface area contributed by atoms with Gasteiger partial charge in [-0.25, -0.2) is 14.2 Å². The second-order valence-corrected chi connectivity index (χ2v) is 9.49. The first kappa shape index (κ1) is 31.6. The summed E-state index contributed by atoms with van der Waals surface area (Å²) in [6, 6.07) is 6.59. The molecular formula is C27H21ClF7N5O3. The van der Waals surface area contributed by atoms with E-state index in [0.29, 0.717) is 11.1 Å². The number of alkyl halides is 6. The standard InChI is InChI=1S/C27H21ClF7N5O3/c1-43-7-6-36-23-11-22-14(12-37-23)8-18(24(41)40(22)13-26(30,31)32)17-9-21(20(29)10-19(17)28)39-25(42)38-16-4-2-15(3-5-16)27(33,34)35/h2-5,8-12H,6-7,13H2,1H3,(H,36,37)(H2,38,39,42). The lowest BCUT2D eigenvalue weighted by Gasteiger charge is -2.17. The zero-order valence-electron chi connectivity index (χ0n) is 22.0. The van der Waals surface area contributed by atoms with Gasteiger partial charge >= 0.3 is 18.4 Å². The number of amides is 2. The van der Waals surface area contributed by atoms with Gasteiger partial charge in [0.1, 0.15) is 18.2 Å². The van der Waals surface area contributed by atoms with E-state index in [0.717, 1.165) is 36.4 Å². The Hall–Kier alpha value is -4.37. The number of methoxy groups -OCH3 is 1. The average molecular weight is 632 g/mol. The third-order valence-corrected chi connectivity index (χ3v) is 6.31. The summed E-state index contributed by atoms with van der Waals surface area (Å²) < 4.78 is 99.1. The third kappa shape index (κ3) is 7.73. The Kier molecular flexibility index (Phi) is 9.15. The van der Waals surface area contributed by atoms with Crippen LogP contribution in [0.2, 0.25) is 5.02 Å². The summed E-state index contributed by atoms with van der Waals surface area (Å²) in [5, 5.41) is 7.05. The van der Waals surface area contributed by atoms with Crippen LogP contribution in [0.1, 0.15) is 5.56 Å².